The fourth-order valence-corrected chi connectivity index (χ4v) is 7.16. The molecular weight excluding hydrogens is 532 g/mol. The van der Waals surface area contributed by atoms with E-state index >= 15 is 0 Å². The highest BCUT2D eigenvalue weighted by molar-refractivity contribution is 6.35. The van der Waals surface area contributed by atoms with Crippen molar-refractivity contribution in [3.05, 3.63) is 88.6 Å². The second kappa shape index (κ2) is 8.33. The summed E-state index contributed by atoms with van der Waals surface area (Å²) in [6.45, 7) is 0.201. The number of carbonyl (C=O) groups is 3. The number of anilines is 1. The van der Waals surface area contributed by atoms with Gasteiger partial charge in [-0.1, -0.05) is 48.0 Å². The number of imide groups is 1. The van der Waals surface area contributed by atoms with Crippen molar-refractivity contribution in [2.24, 2.45) is 11.8 Å². The lowest BCUT2D eigenvalue weighted by molar-refractivity contribution is -0.143. The number of likely N-dealkylation sites (tertiary alicyclic amines) is 1. The molecule has 0 saturated carbocycles. The second-order valence-corrected chi connectivity index (χ2v) is 11.1. The molecule has 0 radical (unpaired) electrons. The fourth-order valence-electron chi connectivity index (χ4n) is 6.94. The van der Waals surface area contributed by atoms with Crippen molar-refractivity contribution in [2.45, 2.75) is 24.5 Å². The third-order valence-electron chi connectivity index (χ3n) is 8.68. The Morgan fingerprint density at radius 3 is 2.73 bits per heavy atom. The lowest BCUT2D eigenvalue weighted by Gasteiger charge is -2.29. The van der Waals surface area contributed by atoms with Crippen LogP contribution in [-0.2, 0) is 32.9 Å². The first-order valence-corrected chi connectivity index (χ1v) is 13.5. The number of fused-ring (bicyclic) bond motifs is 6. The van der Waals surface area contributed by atoms with Gasteiger partial charge in [-0.15, -0.1) is 0 Å². The molecule has 10 heteroatoms. The molecule has 5 heterocycles. The number of aromatic nitrogens is 1. The molecule has 4 atom stereocenters. The van der Waals surface area contributed by atoms with E-state index in [0.717, 1.165) is 22.0 Å². The number of para-hydroxylation sites is 2. The number of rotatable bonds is 4. The Morgan fingerprint density at radius 2 is 1.82 bits per heavy atom. The van der Waals surface area contributed by atoms with Gasteiger partial charge in [-0.2, -0.15) is 0 Å². The van der Waals surface area contributed by atoms with Crippen LogP contribution in [0.3, 0.4) is 0 Å². The minimum absolute atomic E-state index is 0.0706. The molecule has 2 unspecified atom stereocenters. The van der Waals surface area contributed by atoms with E-state index in [4.69, 9.17) is 21.1 Å². The highest BCUT2D eigenvalue weighted by Crippen LogP contribution is 2.54. The first-order chi connectivity index (χ1) is 19.5. The van der Waals surface area contributed by atoms with Crippen molar-refractivity contribution in [2.75, 3.05) is 12.1 Å². The number of carbonyl (C=O) groups excluding carboxylic acids is 3. The molecule has 40 heavy (non-hydrogen) atoms. The van der Waals surface area contributed by atoms with Crippen LogP contribution in [0.15, 0.2) is 66.9 Å². The Kier molecular flexibility index (Phi) is 4.90. The molecule has 2 fully saturated rings. The minimum Gasteiger partial charge on any atom is -0.454 e. The number of ether oxygens (including phenoxy) is 2. The minimum atomic E-state index is -1.42. The Bertz CT molecular complexity index is 1770. The number of hydrogen-bond acceptors (Lipinski definition) is 6. The standard InChI is InChI=1S/C30H23ClN4O5/c31-19-6-3-5-18-26(19)33-29(38)30(18)25-24(21(34-30)11-16-12-32-20-7-2-1-4-17(16)20)27(36)35(28(25)37)13-15-8-9-22-23(10-15)40-14-39-22/h1-10,12,21,24-25,32,34H,11,13-14H2,(H,33,38)/t21?,24-,25+,30?/m1/s1. The van der Waals surface area contributed by atoms with Crippen LogP contribution in [0, 0.1) is 11.8 Å². The summed E-state index contributed by atoms with van der Waals surface area (Å²) in [5, 5.41) is 7.81. The molecule has 0 aliphatic carbocycles. The molecular formula is C30H23ClN4O5. The number of nitrogens with one attached hydrogen (secondary N) is 3. The van der Waals surface area contributed by atoms with Gasteiger partial charge in [0, 0.05) is 28.7 Å². The summed E-state index contributed by atoms with van der Waals surface area (Å²) in [7, 11) is 0. The third kappa shape index (κ3) is 3.10. The molecule has 4 aliphatic heterocycles. The van der Waals surface area contributed by atoms with E-state index in [1.54, 1.807) is 30.3 Å². The molecule has 1 aromatic heterocycles. The zero-order chi connectivity index (χ0) is 27.2. The lowest BCUT2D eigenvalue weighted by atomic mass is 9.76. The topological polar surface area (TPSA) is 113 Å². The van der Waals surface area contributed by atoms with Gasteiger partial charge in [0.2, 0.25) is 24.5 Å². The van der Waals surface area contributed by atoms with Crippen LogP contribution in [0.25, 0.3) is 10.9 Å². The summed E-state index contributed by atoms with van der Waals surface area (Å²) in [5.41, 5.74) is 2.37. The largest absolute Gasteiger partial charge is 0.454 e. The first kappa shape index (κ1) is 23.5. The summed E-state index contributed by atoms with van der Waals surface area (Å²) < 4.78 is 10.9. The lowest BCUT2D eigenvalue weighted by Crippen LogP contribution is -2.53. The van der Waals surface area contributed by atoms with Crippen LogP contribution in [0.4, 0.5) is 5.69 Å². The molecule has 8 rings (SSSR count). The first-order valence-electron chi connectivity index (χ1n) is 13.1. The number of nitrogens with zero attached hydrogens (tertiary/aromatic N) is 1. The van der Waals surface area contributed by atoms with E-state index in [-0.39, 0.29) is 31.1 Å². The van der Waals surface area contributed by atoms with Crippen LogP contribution in [0.5, 0.6) is 11.5 Å². The van der Waals surface area contributed by atoms with Crippen LogP contribution in [0.1, 0.15) is 16.7 Å². The van der Waals surface area contributed by atoms with Crippen LogP contribution >= 0.6 is 11.6 Å². The van der Waals surface area contributed by atoms with Gasteiger partial charge >= 0.3 is 0 Å². The molecule has 1 spiro atoms. The van der Waals surface area contributed by atoms with Crippen LogP contribution < -0.4 is 20.1 Å². The number of H-pyrrole nitrogens is 1. The average molecular weight is 555 g/mol. The summed E-state index contributed by atoms with van der Waals surface area (Å²) in [4.78, 5) is 46.7. The van der Waals surface area contributed by atoms with Gasteiger partial charge in [0.1, 0.15) is 5.54 Å². The molecule has 3 aromatic carbocycles. The molecule has 3 amide bonds. The zero-order valence-electron chi connectivity index (χ0n) is 21.1. The van der Waals surface area contributed by atoms with Crippen molar-refractivity contribution >= 4 is 45.9 Å². The van der Waals surface area contributed by atoms with E-state index in [2.05, 4.69) is 15.6 Å². The molecule has 4 aliphatic rings. The summed E-state index contributed by atoms with van der Waals surface area (Å²) in [6, 6.07) is 18.1. The van der Waals surface area contributed by atoms with E-state index < -0.39 is 23.4 Å². The smallest absolute Gasteiger partial charge is 0.250 e. The fraction of sp³-hybridized carbons (Fsp3) is 0.233. The molecule has 4 aromatic rings. The van der Waals surface area contributed by atoms with E-state index in [1.165, 1.54) is 4.90 Å². The van der Waals surface area contributed by atoms with E-state index in [1.807, 2.05) is 36.5 Å². The Labute approximate surface area is 233 Å². The van der Waals surface area contributed by atoms with Crippen molar-refractivity contribution in [1.82, 2.24) is 15.2 Å². The average Bonchev–Trinajstić information content (AvgIpc) is 3.75. The zero-order valence-corrected chi connectivity index (χ0v) is 21.8. The van der Waals surface area contributed by atoms with Gasteiger partial charge in [0.15, 0.2) is 11.5 Å². The maximum absolute atomic E-state index is 14.2. The molecule has 0 bridgehead atoms. The quantitative estimate of drug-likeness (QED) is 0.332. The second-order valence-electron chi connectivity index (χ2n) is 10.7. The normalized spacial score (nSPS) is 26.2. The molecule has 200 valence electrons. The number of aromatic amines is 1. The van der Waals surface area contributed by atoms with Gasteiger partial charge < -0.3 is 19.8 Å². The van der Waals surface area contributed by atoms with Crippen LogP contribution in [0.2, 0.25) is 5.02 Å². The Hall–Kier alpha value is -4.34. The van der Waals surface area contributed by atoms with Crippen molar-refractivity contribution < 1.29 is 23.9 Å². The summed E-state index contributed by atoms with van der Waals surface area (Å²) in [5.74, 6) is -1.54. The monoisotopic (exact) mass is 554 g/mol. The maximum Gasteiger partial charge on any atom is 0.250 e. The third-order valence-corrected chi connectivity index (χ3v) is 9.00. The maximum atomic E-state index is 14.2. The summed E-state index contributed by atoms with van der Waals surface area (Å²) in [6.07, 6.45) is 2.38. The number of amides is 3. The predicted octanol–water partition coefficient (Wildman–Crippen LogP) is 3.71. The van der Waals surface area contributed by atoms with Gasteiger partial charge in [-0.3, -0.25) is 24.6 Å². The Morgan fingerprint density at radius 1 is 0.975 bits per heavy atom. The van der Waals surface area contributed by atoms with E-state index in [0.29, 0.717) is 34.2 Å². The van der Waals surface area contributed by atoms with Crippen molar-refractivity contribution in [3.8, 4) is 11.5 Å². The summed E-state index contributed by atoms with van der Waals surface area (Å²) >= 11 is 6.47. The predicted molar refractivity (Wildman–Crippen MR) is 146 cm³/mol. The van der Waals surface area contributed by atoms with Crippen molar-refractivity contribution in [3.63, 3.8) is 0 Å². The van der Waals surface area contributed by atoms with Crippen LogP contribution in [-0.4, -0.2) is 40.4 Å². The van der Waals surface area contributed by atoms with E-state index in [9.17, 15) is 14.4 Å². The van der Waals surface area contributed by atoms with Gasteiger partial charge in [-0.25, -0.2) is 0 Å². The number of benzene rings is 3. The Balaban J connectivity index is 1.22. The van der Waals surface area contributed by atoms with Gasteiger partial charge in [0.05, 0.1) is 29.1 Å². The highest BCUT2D eigenvalue weighted by atomic mass is 35.5. The highest BCUT2D eigenvalue weighted by Gasteiger charge is 2.70. The van der Waals surface area contributed by atoms with Crippen molar-refractivity contribution in [1.29, 1.82) is 0 Å². The molecule has 2 saturated heterocycles. The number of hydrogen-bond donors (Lipinski definition) is 3. The SMILES string of the molecule is O=C1[C@@H]2C(Cc3c[nH]c4ccccc34)NC3(C(=O)Nc4c(Cl)cccc43)[C@@H]2C(=O)N1Cc1ccc2c(c1)OCO2. The molecule has 9 nitrogen and oxygen atoms in total. The van der Waals surface area contributed by atoms with Gasteiger partial charge in [0.25, 0.3) is 0 Å². The molecule has 3 N–H and O–H groups in total. The van der Waals surface area contributed by atoms with Gasteiger partial charge in [-0.05, 0) is 41.8 Å². The number of halogens is 1.